The van der Waals surface area contributed by atoms with Crippen LogP contribution in [0.25, 0.3) is 11.4 Å². The lowest BCUT2D eigenvalue weighted by molar-refractivity contribution is -0.137. The normalized spacial score (nSPS) is 11.8. The van der Waals surface area contributed by atoms with Crippen LogP contribution < -0.4 is 5.32 Å². The van der Waals surface area contributed by atoms with Crippen LogP contribution in [0.3, 0.4) is 0 Å². The summed E-state index contributed by atoms with van der Waals surface area (Å²) in [7, 11) is 1.78. The number of alkyl halides is 3. The predicted molar refractivity (Wildman–Crippen MR) is 61.8 cm³/mol. The first-order valence-corrected chi connectivity index (χ1v) is 5.37. The van der Waals surface area contributed by atoms with Gasteiger partial charge in [0, 0.05) is 24.0 Å². The minimum absolute atomic E-state index is 0.423. The standard InChI is InChI=1S/C12H12F3N3/c1-16-6-10-7-17-11(18-10)8-3-2-4-9(5-8)12(13,14)15/h2-5,7,16H,6H2,1H3,(H,17,18). The maximum atomic E-state index is 12.6. The van der Waals surface area contributed by atoms with Gasteiger partial charge in [0.1, 0.15) is 5.82 Å². The van der Waals surface area contributed by atoms with E-state index in [-0.39, 0.29) is 0 Å². The van der Waals surface area contributed by atoms with Crippen LogP contribution in [0.15, 0.2) is 30.5 Å². The van der Waals surface area contributed by atoms with Crippen LogP contribution in [0.1, 0.15) is 11.3 Å². The van der Waals surface area contributed by atoms with Crippen LogP contribution in [0.4, 0.5) is 13.2 Å². The summed E-state index contributed by atoms with van der Waals surface area (Å²) >= 11 is 0. The zero-order valence-electron chi connectivity index (χ0n) is 9.67. The first kappa shape index (κ1) is 12.6. The fourth-order valence-electron chi connectivity index (χ4n) is 1.63. The summed E-state index contributed by atoms with van der Waals surface area (Å²) in [6, 6.07) is 5.10. The number of imidazole rings is 1. The van der Waals surface area contributed by atoms with E-state index in [1.165, 1.54) is 6.07 Å². The first-order valence-electron chi connectivity index (χ1n) is 5.37. The van der Waals surface area contributed by atoms with Crippen LogP contribution in [-0.2, 0) is 12.7 Å². The van der Waals surface area contributed by atoms with E-state index in [0.717, 1.165) is 17.8 Å². The summed E-state index contributed by atoms with van der Waals surface area (Å²) in [6.45, 7) is 0.589. The quantitative estimate of drug-likeness (QED) is 0.885. The predicted octanol–water partition coefficient (Wildman–Crippen LogP) is 2.81. The van der Waals surface area contributed by atoms with E-state index in [1.807, 2.05) is 0 Å². The third kappa shape index (κ3) is 2.70. The van der Waals surface area contributed by atoms with Crippen molar-refractivity contribution in [2.75, 3.05) is 7.05 Å². The monoisotopic (exact) mass is 255 g/mol. The molecule has 0 radical (unpaired) electrons. The highest BCUT2D eigenvalue weighted by atomic mass is 19.4. The van der Waals surface area contributed by atoms with E-state index in [0.29, 0.717) is 17.9 Å². The molecule has 0 spiro atoms. The molecule has 2 N–H and O–H groups in total. The number of rotatable bonds is 3. The molecule has 1 aromatic heterocycles. The third-order valence-electron chi connectivity index (χ3n) is 2.46. The molecule has 2 rings (SSSR count). The molecule has 0 fully saturated rings. The Morgan fingerprint density at radius 2 is 2.11 bits per heavy atom. The lowest BCUT2D eigenvalue weighted by Crippen LogP contribution is -2.05. The number of H-pyrrole nitrogens is 1. The molecule has 0 saturated carbocycles. The van der Waals surface area contributed by atoms with Gasteiger partial charge in [0.25, 0.3) is 0 Å². The maximum Gasteiger partial charge on any atom is 0.416 e. The Labute approximate surface area is 102 Å². The van der Waals surface area contributed by atoms with Gasteiger partial charge < -0.3 is 10.3 Å². The van der Waals surface area contributed by atoms with Crippen molar-refractivity contribution in [1.29, 1.82) is 0 Å². The summed E-state index contributed by atoms with van der Waals surface area (Å²) in [5, 5.41) is 2.93. The molecule has 0 atom stereocenters. The fraction of sp³-hybridized carbons (Fsp3) is 0.250. The SMILES string of the molecule is CNCc1cnc(-c2cccc(C(F)(F)F)c2)[nH]1. The maximum absolute atomic E-state index is 12.6. The van der Waals surface area contributed by atoms with Crippen LogP contribution in [0.2, 0.25) is 0 Å². The molecule has 2 aromatic rings. The molecule has 0 unspecified atom stereocenters. The third-order valence-corrected chi connectivity index (χ3v) is 2.46. The molecule has 1 aromatic carbocycles. The van der Waals surface area contributed by atoms with E-state index in [9.17, 15) is 13.2 Å². The van der Waals surface area contributed by atoms with Crippen molar-refractivity contribution < 1.29 is 13.2 Å². The van der Waals surface area contributed by atoms with Crippen molar-refractivity contribution in [3.05, 3.63) is 41.7 Å². The number of hydrogen-bond acceptors (Lipinski definition) is 2. The molecular weight excluding hydrogens is 243 g/mol. The topological polar surface area (TPSA) is 40.7 Å². The van der Waals surface area contributed by atoms with Crippen molar-refractivity contribution in [2.24, 2.45) is 0 Å². The van der Waals surface area contributed by atoms with Gasteiger partial charge in [0.2, 0.25) is 0 Å². The number of nitrogens with one attached hydrogen (secondary N) is 2. The van der Waals surface area contributed by atoms with Gasteiger partial charge in [-0.3, -0.25) is 0 Å². The zero-order valence-corrected chi connectivity index (χ0v) is 9.67. The number of hydrogen-bond donors (Lipinski definition) is 2. The van der Waals surface area contributed by atoms with E-state index in [2.05, 4.69) is 15.3 Å². The minimum Gasteiger partial charge on any atom is -0.341 e. The van der Waals surface area contributed by atoms with Gasteiger partial charge >= 0.3 is 6.18 Å². The van der Waals surface area contributed by atoms with Gasteiger partial charge in [0.15, 0.2) is 0 Å². The van der Waals surface area contributed by atoms with E-state index < -0.39 is 11.7 Å². The van der Waals surface area contributed by atoms with Crippen molar-refractivity contribution in [3.63, 3.8) is 0 Å². The molecule has 96 valence electrons. The van der Waals surface area contributed by atoms with Crippen molar-refractivity contribution in [3.8, 4) is 11.4 Å². The Hall–Kier alpha value is -1.82. The van der Waals surface area contributed by atoms with Gasteiger partial charge in [-0.15, -0.1) is 0 Å². The second kappa shape index (κ2) is 4.81. The Bertz CT molecular complexity index is 531. The highest BCUT2D eigenvalue weighted by Crippen LogP contribution is 2.31. The van der Waals surface area contributed by atoms with Gasteiger partial charge in [-0.2, -0.15) is 13.2 Å². The average molecular weight is 255 g/mol. The average Bonchev–Trinajstić information content (AvgIpc) is 2.77. The van der Waals surface area contributed by atoms with Gasteiger partial charge in [0.05, 0.1) is 5.56 Å². The Balaban J connectivity index is 2.32. The Morgan fingerprint density at radius 1 is 1.33 bits per heavy atom. The summed E-state index contributed by atoms with van der Waals surface area (Å²) in [4.78, 5) is 7.03. The molecule has 18 heavy (non-hydrogen) atoms. The lowest BCUT2D eigenvalue weighted by Gasteiger charge is -2.07. The fourth-order valence-corrected chi connectivity index (χ4v) is 1.63. The van der Waals surface area contributed by atoms with Crippen LogP contribution in [0, 0.1) is 0 Å². The molecule has 0 aliphatic rings. The Morgan fingerprint density at radius 3 is 2.78 bits per heavy atom. The molecule has 6 heteroatoms. The zero-order chi connectivity index (χ0) is 13.2. The van der Waals surface area contributed by atoms with Gasteiger partial charge in [-0.05, 0) is 19.2 Å². The van der Waals surface area contributed by atoms with Gasteiger partial charge in [-0.1, -0.05) is 12.1 Å². The van der Waals surface area contributed by atoms with Crippen molar-refractivity contribution in [1.82, 2.24) is 15.3 Å². The Kier molecular flexibility index (Phi) is 3.38. The van der Waals surface area contributed by atoms with E-state index in [4.69, 9.17) is 0 Å². The van der Waals surface area contributed by atoms with Crippen LogP contribution >= 0.6 is 0 Å². The molecule has 0 aliphatic carbocycles. The molecule has 0 aliphatic heterocycles. The largest absolute Gasteiger partial charge is 0.416 e. The second-order valence-corrected chi connectivity index (χ2v) is 3.87. The number of aromatic amines is 1. The highest BCUT2D eigenvalue weighted by molar-refractivity contribution is 5.56. The molecular formula is C12H12F3N3. The molecule has 3 nitrogen and oxygen atoms in total. The smallest absolute Gasteiger partial charge is 0.341 e. The van der Waals surface area contributed by atoms with E-state index in [1.54, 1.807) is 19.3 Å². The van der Waals surface area contributed by atoms with Crippen LogP contribution in [-0.4, -0.2) is 17.0 Å². The summed E-state index contributed by atoms with van der Waals surface area (Å²) in [5.74, 6) is 0.436. The molecule has 0 saturated heterocycles. The number of nitrogens with zero attached hydrogens (tertiary/aromatic N) is 1. The minimum atomic E-state index is -4.34. The van der Waals surface area contributed by atoms with Crippen molar-refractivity contribution >= 4 is 0 Å². The number of aromatic nitrogens is 2. The number of halogens is 3. The molecule has 1 heterocycles. The second-order valence-electron chi connectivity index (χ2n) is 3.87. The van der Waals surface area contributed by atoms with Crippen molar-refractivity contribution in [2.45, 2.75) is 12.7 Å². The van der Waals surface area contributed by atoms with Crippen LogP contribution in [0.5, 0.6) is 0 Å². The van der Waals surface area contributed by atoms with Gasteiger partial charge in [-0.25, -0.2) is 4.98 Å². The summed E-state index contributed by atoms with van der Waals surface area (Å²) in [5.41, 5.74) is 0.573. The highest BCUT2D eigenvalue weighted by Gasteiger charge is 2.30. The molecule has 0 amide bonds. The summed E-state index contributed by atoms with van der Waals surface area (Å²) in [6.07, 6.45) is -2.73. The summed E-state index contributed by atoms with van der Waals surface area (Å²) < 4.78 is 37.7. The first-order chi connectivity index (χ1) is 8.50. The number of benzene rings is 1. The van der Waals surface area contributed by atoms with E-state index >= 15 is 0 Å². The molecule has 0 bridgehead atoms. The lowest BCUT2D eigenvalue weighted by atomic mass is 10.1.